The van der Waals surface area contributed by atoms with Crippen LogP contribution in [0.2, 0.25) is 0 Å². The highest BCUT2D eigenvalue weighted by atomic mass is 127. The number of halogens is 1. The molecule has 1 aromatic carbocycles. The fourth-order valence-electron chi connectivity index (χ4n) is 3.25. The lowest BCUT2D eigenvalue weighted by Crippen LogP contribution is -2.46. The number of rotatable bonds is 5. The number of aliphatic imine (C=N–C) groups is 1. The second-order valence-electron chi connectivity index (χ2n) is 6.92. The Morgan fingerprint density at radius 1 is 1.33 bits per heavy atom. The molecule has 0 atom stereocenters. The van der Waals surface area contributed by atoms with Crippen LogP contribution in [0, 0.1) is 12.8 Å². The van der Waals surface area contributed by atoms with E-state index in [2.05, 4.69) is 59.3 Å². The molecule has 6 nitrogen and oxygen atoms in total. The van der Waals surface area contributed by atoms with E-state index < -0.39 is 0 Å². The summed E-state index contributed by atoms with van der Waals surface area (Å²) < 4.78 is 5.14. The molecule has 0 unspecified atom stereocenters. The molecule has 1 aliphatic heterocycles. The average Bonchev–Trinajstić information content (AvgIpc) is 2.63. The van der Waals surface area contributed by atoms with E-state index in [1.807, 2.05) is 14.0 Å². The highest BCUT2D eigenvalue weighted by Crippen LogP contribution is 2.20. The third kappa shape index (κ3) is 6.55. The van der Waals surface area contributed by atoms with Crippen LogP contribution in [0.1, 0.15) is 30.9 Å². The normalized spacial score (nSPS) is 15.1. The molecule has 0 saturated carbocycles. The van der Waals surface area contributed by atoms with Crippen molar-refractivity contribution < 1.29 is 9.53 Å². The smallest absolute Gasteiger partial charge is 0.309 e. The van der Waals surface area contributed by atoms with Gasteiger partial charge in [-0.05, 0) is 49.9 Å². The Labute approximate surface area is 180 Å². The van der Waals surface area contributed by atoms with Crippen molar-refractivity contribution in [1.82, 2.24) is 10.2 Å². The number of guanidine groups is 1. The first kappa shape index (κ1) is 23.5. The summed E-state index contributed by atoms with van der Waals surface area (Å²) in [7, 11) is 5.91. The first-order valence-corrected chi connectivity index (χ1v) is 9.35. The second kappa shape index (κ2) is 11.4. The van der Waals surface area contributed by atoms with Gasteiger partial charge >= 0.3 is 5.97 Å². The summed E-state index contributed by atoms with van der Waals surface area (Å²) in [5.41, 5.74) is 3.73. The monoisotopic (exact) mass is 488 g/mol. The topological polar surface area (TPSA) is 57.2 Å². The van der Waals surface area contributed by atoms with Gasteiger partial charge in [-0.2, -0.15) is 0 Å². The number of nitrogens with one attached hydrogen (secondary N) is 1. The molecule has 1 aromatic rings. The van der Waals surface area contributed by atoms with Gasteiger partial charge in [0.05, 0.1) is 12.5 Å². The highest BCUT2D eigenvalue weighted by molar-refractivity contribution is 14.0. The number of likely N-dealkylation sites (tertiary alicyclic amines) is 1. The van der Waals surface area contributed by atoms with E-state index >= 15 is 0 Å². The molecule has 27 heavy (non-hydrogen) atoms. The number of esters is 1. The molecule has 0 bridgehead atoms. The third-order valence-corrected chi connectivity index (χ3v) is 4.91. The SMILES string of the molecule is CCOC(=O)C1CCN(C(=NC)NCc2ccc(N(C)C)cc2C)CC1.I. The molecule has 1 N–H and O–H groups in total. The predicted molar refractivity (Wildman–Crippen MR) is 122 cm³/mol. The Morgan fingerprint density at radius 2 is 2.00 bits per heavy atom. The lowest BCUT2D eigenvalue weighted by atomic mass is 9.97. The van der Waals surface area contributed by atoms with Gasteiger partial charge in [-0.3, -0.25) is 9.79 Å². The zero-order valence-corrected chi connectivity index (χ0v) is 19.4. The summed E-state index contributed by atoms with van der Waals surface area (Å²) in [5.74, 6) is 0.847. The first-order valence-electron chi connectivity index (χ1n) is 9.35. The van der Waals surface area contributed by atoms with Crippen LogP contribution in [0.3, 0.4) is 0 Å². The quantitative estimate of drug-likeness (QED) is 0.299. The molecule has 0 aromatic heterocycles. The van der Waals surface area contributed by atoms with Crippen molar-refractivity contribution in [2.24, 2.45) is 10.9 Å². The lowest BCUT2D eigenvalue weighted by molar-refractivity contribution is -0.149. The number of aryl methyl sites for hydroxylation is 1. The molecule has 0 radical (unpaired) electrons. The predicted octanol–water partition coefficient (Wildman–Crippen LogP) is 3.03. The maximum Gasteiger partial charge on any atom is 0.309 e. The Balaban J connectivity index is 0.00000364. The summed E-state index contributed by atoms with van der Waals surface area (Å²) in [6.07, 6.45) is 1.63. The van der Waals surface area contributed by atoms with E-state index in [-0.39, 0.29) is 35.9 Å². The number of piperidine rings is 1. The largest absolute Gasteiger partial charge is 0.466 e. The Bertz CT molecular complexity index is 641. The van der Waals surface area contributed by atoms with Gasteiger partial charge in [-0.25, -0.2) is 0 Å². The first-order chi connectivity index (χ1) is 12.5. The van der Waals surface area contributed by atoms with E-state index in [0.717, 1.165) is 38.4 Å². The number of anilines is 1. The summed E-state index contributed by atoms with van der Waals surface area (Å²) in [6.45, 7) is 6.82. The fourth-order valence-corrected chi connectivity index (χ4v) is 3.25. The standard InChI is InChI=1S/C20H32N4O2.HI/c1-6-26-19(25)16-9-11-24(12-10-16)20(21-3)22-14-17-7-8-18(23(4)5)13-15(17)2;/h7-8,13,16H,6,9-12,14H2,1-5H3,(H,21,22);1H. The van der Waals surface area contributed by atoms with Crippen molar-refractivity contribution in [3.8, 4) is 0 Å². The second-order valence-corrected chi connectivity index (χ2v) is 6.92. The van der Waals surface area contributed by atoms with Crippen molar-refractivity contribution in [3.05, 3.63) is 29.3 Å². The van der Waals surface area contributed by atoms with Gasteiger partial charge in [-0.1, -0.05) is 6.07 Å². The zero-order valence-electron chi connectivity index (χ0n) is 17.1. The van der Waals surface area contributed by atoms with Crippen LogP contribution in [-0.2, 0) is 16.1 Å². The van der Waals surface area contributed by atoms with Crippen molar-refractivity contribution >= 4 is 41.6 Å². The molecule has 1 heterocycles. The van der Waals surface area contributed by atoms with E-state index in [1.165, 1.54) is 16.8 Å². The van der Waals surface area contributed by atoms with Gasteiger partial charge in [0, 0.05) is 46.5 Å². The van der Waals surface area contributed by atoms with Gasteiger partial charge in [0.15, 0.2) is 5.96 Å². The van der Waals surface area contributed by atoms with Gasteiger partial charge in [0.1, 0.15) is 0 Å². The summed E-state index contributed by atoms with van der Waals surface area (Å²) in [5, 5.41) is 3.46. The van der Waals surface area contributed by atoms with Gasteiger partial charge in [-0.15, -0.1) is 24.0 Å². The third-order valence-electron chi connectivity index (χ3n) is 4.91. The van der Waals surface area contributed by atoms with Crippen LogP contribution >= 0.6 is 24.0 Å². The number of benzene rings is 1. The van der Waals surface area contributed by atoms with Crippen molar-refractivity contribution in [1.29, 1.82) is 0 Å². The van der Waals surface area contributed by atoms with Gasteiger partial charge in [0.25, 0.3) is 0 Å². The Hall–Kier alpha value is -1.51. The maximum absolute atomic E-state index is 11.9. The summed E-state index contributed by atoms with van der Waals surface area (Å²) in [4.78, 5) is 20.6. The lowest BCUT2D eigenvalue weighted by Gasteiger charge is -2.33. The van der Waals surface area contributed by atoms with E-state index in [9.17, 15) is 4.79 Å². The van der Waals surface area contributed by atoms with Crippen LogP contribution in [-0.4, -0.2) is 57.7 Å². The maximum atomic E-state index is 11.9. The highest BCUT2D eigenvalue weighted by Gasteiger charge is 2.27. The fraction of sp³-hybridized carbons (Fsp3) is 0.600. The van der Waals surface area contributed by atoms with Crippen LogP contribution in [0.4, 0.5) is 5.69 Å². The number of nitrogens with zero attached hydrogens (tertiary/aromatic N) is 3. The number of carbonyl (C=O) groups is 1. The summed E-state index contributed by atoms with van der Waals surface area (Å²) in [6, 6.07) is 6.50. The Morgan fingerprint density at radius 3 is 2.52 bits per heavy atom. The summed E-state index contributed by atoms with van der Waals surface area (Å²) >= 11 is 0. The van der Waals surface area contributed by atoms with Crippen LogP contribution in [0.25, 0.3) is 0 Å². The molecule has 1 saturated heterocycles. The molecule has 0 spiro atoms. The van der Waals surface area contributed by atoms with Gasteiger partial charge < -0.3 is 19.9 Å². The molecule has 2 rings (SSSR count). The Kier molecular flexibility index (Phi) is 9.90. The molecule has 1 aliphatic rings. The number of ether oxygens (including phenoxy) is 1. The van der Waals surface area contributed by atoms with E-state index in [4.69, 9.17) is 4.74 Å². The minimum atomic E-state index is -0.0632. The molecule has 0 aliphatic carbocycles. The number of hydrogen-bond donors (Lipinski definition) is 1. The van der Waals surface area contributed by atoms with Crippen molar-refractivity contribution in [3.63, 3.8) is 0 Å². The minimum absolute atomic E-state index is 0. The van der Waals surface area contributed by atoms with Crippen molar-refractivity contribution in [2.45, 2.75) is 33.2 Å². The molecule has 152 valence electrons. The molecule has 7 heteroatoms. The minimum Gasteiger partial charge on any atom is -0.466 e. The molecular weight excluding hydrogens is 455 g/mol. The van der Waals surface area contributed by atoms with E-state index in [1.54, 1.807) is 0 Å². The van der Waals surface area contributed by atoms with Crippen LogP contribution in [0.15, 0.2) is 23.2 Å². The molecular formula is C20H33IN4O2. The van der Waals surface area contributed by atoms with Gasteiger partial charge in [0.2, 0.25) is 0 Å². The molecule has 0 amide bonds. The van der Waals surface area contributed by atoms with Crippen LogP contribution < -0.4 is 10.2 Å². The number of carbonyl (C=O) groups excluding carboxylic acids is 1. The average molecular weight is 488 g/mol. The van der Waals surface area contributed by atoms with Crippen molar-refractivity contribution in [2.75, 3.05) is 45.7 Å². The molecule has 1 fully saturated rings. The van der Waals surface area contributed by atoms with E-state index in [0.29, 0.717) is 6.61 Å². The number of hydrogen-bond acceptors (Lipinski definition) is 4. The van der Waals surface area contributed by atoms with Crippen LogP contribution in [0.5, 0.6) is 0 Å². The zero-order chi connectivity index (χ0) is 19.1.